The van der Waals surface area contributed by atoms with Gasteiger partial charge in [0.05, 0.1) is 17.4 Å². The van der Waals surface area contributed by atoms with Gasteiger partial charge in [-0.3, -0.25) is 9.59 Å². The van der Waals surface area contributed by atoms with E-state index in [4.69, 9.17) is 11.6 Å². The summed E-state index contributed by atoms with van der Waals surface area (Å²) in [7, 11) is -2.49. The maximum atomic E-state index is 12.4. The molecule has 30 heavy (non-hydrogen) atoms. The summed E-state index contributed by atoms with van der Waals surface area (Å²) in [6, 6.07) is 12.9. The van der Waals surface area contributed by atoms with Gasteiger partial charge in [-0.2, -0.15) is 4.31 Å². The number of thiophene rings is 1. The van der Waals surface area contributed by atoms with Crippen LogP contribution in [0.3, 0.4) is 0 Å². The first-order valence-corrected chi connectivity index (χ1v) is 12.0. The average molecular weight is 471 g/mol. The van der Waals surface area contributed by atoms with Crippen molar-refractivity contribution >= 4 is 50.5 Å². The van der Waals surface area contributed by atoms with E-state index in [-0.39, 0.29) is 23.2 Å². The fourth-order valence-electron chi connectivity index (χ4n) is 3.07. The number of amides is 2. The van der Waals surface area contributed by atoms with E-state index in [2.05, 4.69) is 10.2 Å². The number of nitrogens with one attached hydrogen (secondary N) is 1. The largest absolute Gasteiger partial charge is 0.368 e. The SMILES string of the molecule is CN(CC(=O)NCC(=O)N1CCN(c2ccccc2)CC1)S(=O)(=O)c1ccc(Cl)s1. The number of hydrogen-bond acceptors (Lipinski definition) is 6. The number of likely N-dealkylation sites (N-methyl/N-ethyl adjacent to an activating group) is 1. The summed E-state index contributed by atoms with van der Waals surface area (Å²) in [5, 5.41) is 2.51. The maximum Gasteiger partial charge on any atom is 0.252 e. The first-order valence-electron chi connectivity index (χ1n) is 9.33. The molecule has 0 aliphatic carbocycles. The predicted molar refractivity (Wildman–Crippen MR) is 117 cm³/mol. The summed E-state index contributed by atoms with van der Waals surface area (Å²) in [6.45, 7) is 2.02. The lowest BCUT2D eigenvalue weighted by atomic mass is 10.2. The van der Waals surface area contributed by atoms with Crippen LogP contribution in [0.5, 0.6) is 0 Å². The second-order valence-electron chi connectivity index (χ2n) is 6.80. The van der Waals surface area contributed by atoms with Gasteiger partial charge in [0.25, 0.3) is 10.0 Å². The number of anilines is 1. The minimum Gasteiger partial charge on any atom is -0.368 e. The molecule has 2 amide bonds. The number of carbonyl (C=O) groups excluding carboxylic acids is 2. The number of para-hydroxylation sites is 1. The number of hydrogen-bond donors (Lipinski definition) is 1. The highest BCUT2D eigenvalue weighted by molar-refractivity contribution is 7.91. The monoisotopic (exact) mass is 470 g/mol. The van der Waals surface area contributed by atoms with Crippen LogP contribution in [-0.2, 0) is 19.6 Å². The number of piperazine rings is 1. The molecular formula is C19H23ClN4O4S2. The van der Waals surface area contributed by atoms with Gasteiger partial charge >= 0.3 is 0 Å². The van der Waals surface area contributed by atoms with E-state index in [1.54, 1.807) is 4.90 Å². The van der Waals surface area contributed by atoms with Crippen molar-refractivity contribution in [3.8, 4) is 0 Å². The van der Waals surface area contributed by atoms with Gasteiger partial charge in [0.2, 0.25) is 11.8 Å². The highest BCUT2D eigenvalue weighted by Crippen LogP contribution is 2.27. The first kappa shape index (κ1) is 22.5. The Morgan fingerprint density at radius 1 is 1.10 bits per heavy atom. The van der Waals surface area contributed by atoms with E-state index in [1.807, 2.05) is 30.3 Å². The first-order chi connectivity index (χ1) is 14.3. The molecule has 2 aromatic rings. The van der Waals surface area contributed by atoms with Gasteiger partial charge in [-0.15, -0.1) is 11.3 Å². The van der Waals surface area contributed by atoms with E-state index in [0.717, 1.165) is 21.3 Å². The average Bonchev–Trinajstić information content (AvgIpc) is 3.20. The maximum absolute atomic E-state index is 12.4. The minimum atomic E-state index is -3.80. The van der Waals surface area contributed by atoms with Gasteiger partial charge in [-0.1, -0.05) is 29.8 Å². The molecule has 0 radical (unpaired) electrons. The Hall–Kier alpha value is -2.14. The molecule has 1 fully saturated rings. The van der Waals surface area contributed by atoms with Crippen LogP contribution >= 0.6 is 22.9 Å². The minimum absolute atomic E-state index is 0.0650. The molecule has 0 saturated carbocycles. The Balaban J connectivity index is 1.44. The molecule has 1 aromatic carbocycles. The summed E-state index contributed by atoms with van der Waals surface area (Å²) in [5.74, 6) is -0.730. The van der Waals surface area contributed by atoms with E-state index < -0.39 is 15.9 Å². The second kappa shape index (κ2) is 9.78. The van der Waals surface area contributed by atoms with E-state index in [0.29, 0.717) is 30.5 Å². The number of rotatable bonds is 7. The molecular weight excluding hydrogens is 448 g/mol. The smallest absolute Gasteiger partial charge is 0.252 e. The number of carbonyl (C=O) groups is 2. The van der Waals surface area contributed by atoms with Gasteiger partial charge in [0.15, 0.2) is 0 Å². The fraction of sp³-hybridized carbons (Fsp3) is 0.368. The molecule has 1 saturated heterocycles. The van der Waals surface area contributed by atoms with Crippen molar-refractivity contribution in [3.05, 3.63) is 46.8 Å². The van der Waals surface area contributed by atoms with Crippen molar-refractivity contribution in [3.63, 3.8) is 0 Å². The zero-order valence-electron chi connectivity index (χ0n) is 16.5. The summed E-state index contributed by atoms with van der Waals surface area (Å²) < 4.78 is 26.2. The van der Waals surface area contributed by atoms with Gasteiger partial charge < -0.3 is 15.1 Å². The third-order valence-corrected chi connectivity index (χ3v) is 8.27. The third-order valence-electron chi connectivity index (χ3n) is 4.77. The normalized spacial score (nSPS) is 14.8. The summed E-state index contributed by atoms with van der Waals surface area (Å²) >= 11 is 6.72. The molecule has 0 atom stereocenters. The molecule has 1 aliphatic rings. The van der Waals surface area contributed by atoms with Crippen LogP contribution < -0.4 is 10.2 Å². The van der Waals surface area contributed by atoms with Gasteiger partial charge in [-0.05, 0) is 24.3 Å². The van der Waals surface area contributed by atoms with Gasteiger partial charge in [-0.25, -0.2) is 8.42 Å². The topological polar surface area (TPSA) is 90.0 Å². The van der Waals surface area contributed by atoms with Crippen LogP contribution in [0, 0.1) is 0 Å². The lowest BCUT2D eigenvalue weighted by molar-refractivity contribution is -0.133. The fourth-order valence-corrected chi connectivity index (χ4v) is 5.89. The standard InChI is InChI=1S/C19H23ClN4O4S2/c1-22(30(27,28)19-8-7-16(20)29-19)14-17(25)21-13-18(26)24-11-9-23(10-12-24)15-5-3-2-4-6-15/h2-8H,9-14H2,1H3,(H,21,25). The molecule has 1 aliphatic heterocycles. The van der Waals surface area contributed by atoms with Gasteiger partial charge in [0, 0.05) is 38.9 Å². The third kappa shape index (κ3) is 5.51. The lowest BCUT2D eigenvalue weighted by Crippen LogP contribution is -2.51. The molecule has 162 valence electrons. The summed E-state index contributed by atoms with van der Waals surface area (Å²) in [4.78, 5) is 28.5. The zero-order chi connectivity index (χ0) is 21.7. The van der Waals surface area contributed by atoms with Crippen molar-refractivity contribution in [1.82, 2.24) is 14.5 Å². The Bertz CT molecular complexity index is 989. The Labute approximate surface area is 185 Å². The van der Waals surface area contributed by atoms with E-state index >= 15 is 0 Å². The number of nitrogens with zero attached hydrogens (tertiary/aromatic N) is 3. The summed E-state index contributed by atoms with van der Waals surface area (Å²) in [6.07, 6.45) is 0. The number of benzene rings is 1. The van der Waals surface area contributed by atoms with Crippen LogP contribution in [0.25, 0.3) is 0 Å². The Morgan fingerprint density at radius 2 is 1.77 bits per heavy atom. The summed E-state index contributed by atoms with van der Waals surface area (Å²) in [5.41, 5.74) is 1.12. The van der Waals surface area contributed by atoms with E-state index in [9.17, 15) is 18.0 Å². The zero-order valence-corrected chi connectivity index (χ0v) is 18.8. The Morgan fingerprint density at radius 3 is 2.37 bits per heavy atom. The molecule has 0 spiro atoms. The number of halogens is 1. The molecule has 0 unspecified atom stereocenters. The van der Waals surface area contributed by atoms with Crippen molar-refractivity contribution in [2.24, 2.45) is 0 Å². The van der Waals surface area contributed by atoms with Crippen LogP contribution in [-0.4, -0.2) is 75.8 Å². The quantitative estimate of drug-likeness (QED) is 0.662. The van der Waals surface area contributed by atoms with Crippen molar-refractivity contribution in [2.45, 2.75) is 4.21 Å². The van der Waals surface area contributed by atoms with Crippen LogP contribution in [0.1, 0.15) is 0 Å². The predicted octanol–water partition coefficient (Wildman–Crippen LogP) is 1.49. The Kier molecular flexibility index (Phi) is 7.35. The van der Waals surface area contributed by atoms with Crippen molar-refractivity contribution in [2.75, 3.05) is 51.2 Å². The molecule has 8 nitrogen and oxygen atoms in total. The van der Waals surface area contributed by atoms with Crippen molar-refractivity contribution < 1.29 is 18.0 Å². The second-order valence-corrected chi connectivity index (χ2v) is 10.8. The van der Waals surface area contributed by atoms with Gasteiger partial charge in [0.1, 0.15) is 4.21 Å². The molecule has 1 aromatic heterocycles. The molecule has 3 rings (SSSR count). The molecule has 2 heterocycles. The van der Waals surface area contributed by atoms with Crippen LogP contribution in [0.2, 0.25) is 4.34 Å². The highest BCUT2D eigenvalue weighted by atomic mass is 35.5. The molecule has 0 bridgehead atoms. The number of sulfonamides is 1. The molecule has 11 heteroatoms. The van der Waals surface area contributed by atoms with E-state index in [1.165, 1.54) is 19.2 Å². The van der Waals surface area contributed by atoms with Crippen LogP contribution in [0.15, 0.2) is 46.7 Å². The lowest BCUT2D eigenvalue weighted by Gasteiger charge is -2.36. The highest BCUT2D eigenvalue weighted by Gasteiger charge is 2.26. The van der Waals surface area contributed by atoms with Crippen molar-refractivity contribution in [1.29, 1.82) is 0 Å². The molecule has 1 N–H and O–H groups in total. The van der Waals surface area contributed by atoms with Crippen LogP contribution in [0.4, 0.5) is 5.69 Å².